The molecule has 60 heavy (non-hydrogen) atoms. The molecule has 0 saturated heterocycles. The molecule has 2 heteroatoms. The first-order valence-corrected chi connectivity index (χ1v) is 21.0. The Kier molecular flexibility index (Phi) is 6.74. The van der Waals surface area contributed by atoms with Crippen molar-refractivity contribution < 1.29 is 4.42 Å². The van der Waals surface area contributed by atoms with Crippen LogP contribution in [0, 0.1) is 0 Å². The van der Waals surface area contributed by atoms with Crippen LogP contribution in [0.15, 0.2) is 205 Å². The molecule has 9 aromatic carbocycles. The Morgan fingerprint density at radius 3 is 1.62 bits per heavy atom. The molecule has 0 saturated carbocycles. The Balaban J connectivity index is 1.08. The van der Waals surface area contributed by atoms with E-state index in [1.54, 1.807) is 0 Å². The van der Waals surface area contributed by atoms with Gasteiger partial charge in [0, 0.05) is 22.2 Å². The highest BCUT2D eigenvalue weighted by Crippen LogP contribution is 2.63. The summed E-state index contributed by atoms with van der Waals surface area (Å²) in [5.74, 6) is 0. The zero-order chi connectivity index (χ0) is 39.7. The summed E-state index contributed by atoms with van der Waals surface area (Å²) >= 11 is 0. The number of fused-ring (bicyclic) bond motifs is 16. The summed E-state index contributed by atoms with van der Waals surface area (Å²) in [5, 5.41) is 2.21. The lowest BCUT2D eigenvalue weighted by Crippen LogP contribution is -2.26. The molecule has 10 aromatic rings. The van der Waals surface area contributed by atoms with Crippen LogP contribution in [-0.4, -0.2) is 0 Å². The van der Waals surface area contributed by atoms with Gasteiger partial charge in [-0.15, -0.1) is 0 Å². The number of nitrogens with zero attached hydrogens (tertiary/aromatic N) is 1. The molecule has 1 spiro atoms. The van der Waals surface area contributed by atoms with Crippen LogP contribution in [0.4, 0.5) is 17.1 Å². The van der Waals surface area contributed by atoms with Gasteiger partial charge in [-0.3, -0.25) is 0 Å². The summed E-state index contributed by atoms with van der Waals surface area (Å²) in [5.41, 5.74) is 22.8. The van der Waals surface area contributed by atoms with Gasteiger partial charge in [0.05, 0.1) is 16.5 Å². The van der Waals surface area contributed by atoms with E-state index in [0.717, 1.165) is 39.0 Å². The third-order valence-corrected chi connectivity index (χ3v) is 13.9. The van der Waals surface area contributed by atoms with E-state index in [0.29, 0.717) is 0 Å². The van der Waals surface area contributed by atoms with E-state index in [9.17, 15) is 0 Å². The first-order valence-electron chi connectivity index (χ1n) is 21.0. The highest BCUT2D eigenvalue weighted by Gasteiger charge is 2.51. The van der Waals surface area contributed by atoms with Crippen molar-refractivity contribution in [2.24, 2.45) is 0 Å². The highest BCUT2D eigenvalue weighted by atomic mass is 16.3. The van der Waals surface area contributed by atoms with E-state index in [-0.39, 0.29) is 5.41 Å². The zero-order valence-electron chi connectivity index (χ0n) is 33.4. The molecule has 1 aromatic heterocycles. The topological polar surface area (TPSA) is 16.4 Å². The minimum absolute atomic E-state index is 0.142. The van der Waals surface area contributed by atoms with E-state index in [4.69, 9.17) is 4.42 Å². The smallest absolute Gasteiger partial charge is 0.137 e. The third-order valence-electron chi connectivity index (χ3n) is 13.9. The predicted molar refractivity (Wildman–Crippen MR) is 248 cm³/mol. The van der Waals surface area contributed by atoms with Gasteiger partial charge in [0.15, 0.2) is 0 Å². The molecule has 0 aliphatic heterocycles. The fourth-order valence-electron chi connectivity index (χ4n) is 11.5. The number of furan rings is 1. The second kappa shape index (κ2) is 12.1. The molecule has 0 fully saturated rings. The largest absolute Gasteiger partial charge is 0.456 e. The number of benzene rings is 9. The summed E-state index contributed by atoms with van der Waals surface area (Å²) in [6.07, 6.45) is 0. The lowest BCUT2D eigenvalue weighted by atomic mass is 9.70. The zero-order valence-corrected chi connectivity index (χ0v) is 33.4. The minimum Gasteiger partial charge on any atom is -0.456 e. The van der Waals surface area contributed by atoms with Gasteiger partial charge >= 0.3 is 0 Å². The number of hydrogen-bond acceptors (Lipinski definition) is 2. The first-order chi connectivity index (χ1) is 29.5. The van der Waals surface area contributed by atoms with Crippen molar-refractivity contribution in [3.63, 3.8) is 0 Å². The SMILES string of the molecule is CC1(C)c2ccccc2-c2cccc(-c3cccc(N(c4ccc5c(c4)C4(c6ccccc6-c6ccccc64)c4ccccc4-5)c4cccc5oc6ccccc6c45)c3)c21. The van der Waals surface area contributed by atoms with Crippen LogP contribution in [0.5, 0.6) is 0 Å². The quantitative estimate of drug-likeness (QED) is 0.177. The van der Waals surface area contributed by atoms with Gasteiger partial charge in [-0.2, -0.15) is 0 Å². The van der Waals surface area contributed by atoms with Crippen LogP contribution in [0.1, 0.15) is 47.2 Å². The van der Waals surface area contributed by atoms with Gasteiger partial charge in [0.1, 0.15) is 11.2 Å². The fraction of sp³-hybridized carbons (Fsp3) is 0.0690. The van der Waals surface area contributed by atoms with Crippen molar-refractivity contribution in [2.45, 2.75) is 24.7 Å². The Morgan fingerprint density at radius 1 is 0.383 bits per heavy atom. The first kappa shape index (κ1) is 33.5. The summed E-state index contributed by atoms with van der Waals surface area (Å²) in [6, 6.07) is 74.2. The number of para-hydroxylation sites is 1. The molecule has 0 atom stereocenters. The maximum absolute atomic E-state index is 6.56. The minimum atomic E-state index is -0.456. The summed E-state index contributed by atoms with van der Waals surface area (Å²) < 4.78 is 6.56. The van der Waals surface area contributed by atoms with Crippen LogP contribution in [0.25, 0.3) is 66.4 Å². The molecule has 0 radical (unpaired) electrons. The Bertz CT molecular complexity index is 3370. The Hall–Kier alpha value is -7.42. The van der Waals surface area contributed by atoms with Gasteiger partial charge in [-0.1, -0.05) is 172 Å². The average molecular weight is 766 g/mol. The third kappa shape index (κ3) is 4.27. The monoisotopic (exact) mass is 765 g/mol. The van der Waals surface area contributed by atoms with E-state index in [1.807, 2.05) is 0 Å². The Morgan fingerprint density at radius 2 is 0.900 bits per heavy atom. The van der Waals surface area contributed by atoms with E-state index in [1.165, 1.54) is 77.9 Å². The highest BCUT2D eigenvalue weighted by molar-refractivity contribution is 6.13. The molecular formula is C58H39NO. The van der Waals surface area contributed by atoms with Crippen LogP contribution < -0.4 is 4.90 Å². The van der Waals surface area contributed by atoms with E-state index >= 15 is 0 Å². The fourth-order valence-corrected chi connectivity index (χ4v) is 11.5. The van der Waals surface area contributed by atoms with Crippen LogP contribution >= 0.6 is 0 Å². The van der Waals surface area contributed by atoms with Gasteiger partial charge < -0.3 is 9.32 Å². The lowest BCUT2D eigenvalue weighted by molar-refractivity contribution is 0.662. The van der Waals surface area contributed by atoms with E-state index < -0.39 is 5.41 Å². The van der Waals surface area contributed by atoms with Crippen LogP contribution in [-0.2, 0) is 10.8 Å². The van der Waals surface area contributed by atoms with Gasteiger partial charge in [0.25, 0.3) is 0 Å². The molecule has 2 nitrogen and oxygen atoms in total. The van der Waals surface area contributed by atoms with Crippen molar-refractivity contribution in [1.82, 2.24) is 0 Å². The maximum atomic E-state index is 6.56. The van der Waals surface area contributed by atoms with Crippen LogP contribution in [0.3, 0.4) is 0 Å². The molecule has 3 aliphatic rings. The second-order valence-electron chi connectivity index (χ2n) is 17.1. The molecule has 282 valence electrons. The van der Waals surface area contributed by atoms with Gasteiger partial charge in [0.2, 0.25) is 0 Å². The number of rotatable bonds is 4. The van der Waals surface area contributed by atoms with Gasteiger partial charge in [-0.05, 0) is 120 Å². The lowest BCUT2D eigenvalue weighted by Gasteiger charge is -2.32. The summed E-state index contributed by atoms with van der Waals surface area (Å²) in [7, 11) is 0. The molecule has 3 aliphatic carbocycles. The predicted octanol–water partition coefficient (Wildman–Crippen LogP) is 15.4. The van der Waals surface area contributed by atoms with Crippen LogP contribution in [0.2, 0.25) is 0 Å². The Labute approximate surface area is 349 Å². The van der Waals surface area contributed by atoms with Crippen molar-refractivity contribution in [1.29, 1.82) is 0 Å². The molecule has 1 heterocycles. The van der Waals surface area contributed by atoms with Crippen molar-refractivity contribution in [3.05, 3.63) is 234 Å². The average Bonchev–Trinajstić information content (AvgIpc) is 3.99. The molecule has 0 unspecified atom stereocenters. The normalized spacial score (nSPS) is 14.4. The number of hydrogen-bond donors (Lipinski definition) is 0. The maximum Gasteiger partial charge on any atom is 0.137 e. The van der Waals surface area contributed by atoms with Gasteiger partial charge in [-0.25, -0.2) is 0 Å². The molecule has 0 N–H and O–H groups in total. The van der Waals surface area contributed by atoms with Crippen molar-refractivity contribution in [3.8, 4) is 44.5 Å². The van der Waals surface area contributed by atoms with Crippen molar-refractivity contribution >= 4 is 39.0 Å². The standard InChI is InChI=1S/C58H39NO/c1-57(2)47-25-8-3-21-43(47)45-24-14-23-39(56(45)57)36-16-13-17-37(34-36)59(52-29-15-31-54-55(52)46-22-7-12-30-53(46)60-54)38-32-33-44-42-20-6-11-28-50(42)58(51(44)35-38)48-26-9-4-18-40(48)41-19-5-10-27-49(41)58/h3-35H,1-2H3. The molecule has 0 bridgehead atoms. The molecule has 0 amide bonds. The second-order valence-corrected chi connectivity index (χ2v) is 17.1. The van der Waals surface area contributed by atoms with E-state index in [2.05, 4.69) is 219 Å². The summed E-state index contributed by atoms with van der Waals surface area (Å²) in [4.78, 5) is 2.47. The number of anilines is 3. The molecule has 13 rings (SSSR count). The van der Waals surface area contributed by atoms with Crippen molar-refractivity contribution in [2.75, 3.05) is 4.90 Å². The summed E-state index contributed by atoms with van der Waals surface area (Å²) in [6.45, 7) is 4.75. The molecular weight excluding hydrogens is 727 g/mol.